The van der Waals surface area contributed by atoms with Gasteiger partial charge in [0.05, 0.1) is 0 Å². The van der Waals surface area contributed by atoms with E-state index in [-0.39, 0.29) is 17.1 Å². The van der Waals surface area contributed by atoms with Gasteiger partial charge in [0.2, 0.25) is 5.75 Å². The number of aromatic hydroxyl groups is 2. The predicted molar refractivity (Wildman–Crippen MR) is 122 cm³/mol. The van der Waals surface area contributed by atoms with E-state index in [1.165, 1.54) is 44.9 Å². The molecule has 166 valence electrons. The molecule has 0 spiro atoms. The van der Waals surface area contributed by atoms with E-state index < -0.39 is 0 Å². The molecule has 0 bridgehead atoms. The van der Waals surface area contributed by atoms with Crippen LogP contribution in [0.5, 0.6) is 17.2 Å². The van der Waals surface area contributed by atoms with E-state index in [2.05, 4.69) is 34.6 Å². The van der Waals surface area contributed by atoms with Crippen molar-refractivity contribution in [3.63, 3.8) is 0 Å². The van der Waals surface area contributed by atoms with Gasteiger partial charge < -0.3 is 14.9 Å². The molecule has 0 aliphatic carbocycles. The second kappa shape index (κ2) is 11.1. The third-order valence-corrected chi connectivity index (χ3v) is 6.74. The summed E-state index contributed by atoms with van der Waals surface area (Å²) >= 11 is 0. The molecule has 1 aliphatic heterocycles. The molecular formula is C26H44O3. The molecule has 1 aliphatic rings. The number of aryl methyl sites for hydroxylation is 1. The predicted octanol–water partition coefficient (Wildman–Crippen LogP) is 7.62. The first-order chi connectivity index (χ1) is 13.7. The number of ether oxygens (including phenoxy) is 1. The van der Waals surface area contributed by atoms with Gasteiger partial charge in [-0.1, -0.05) is 78.7 Å². The Morgan fingerprint density at radius 3 is 2.10 bits per heavy atom. The first kappa shape index (κ1) is 23.9. The lowest BCUT2D eigenvalue weighted by Crippen LogP contribution is -2.36. The summed E-state index contributed by atoms with van der Waals surface area (Å²) in [5.41, 5.74) is 0.747. The van der Waals surface area contributed by atoms with Crippen molar-refractivity contribution in [3.8, 4) is 17.2 Å². The van der Waals surface area contributed by atoms with Crippen LogP contribution in [0.25, 0.3) is 0 Å². The van der Waals surface area contributed by atoms with E-state index in [1.807, 2.05) is 6.07 Å². The number of hydrogen-bond donors (Lipinski definition) is 2. The molecule has 1 aromatic carbocycles. The highest BCUT2D eigenvalue weighted by atomic mass is 16.5. The number of hydrogen-bond acceptors (Lipinski definition) is 3. The molecule has 3 unspecified atom stereocenters. The maximum atomic E-state index is 10.1. The van der Waals surface area contributed by atoms with Crippen molar-refractivity contribution in [3.05, 3.63) is 17.7 Å². The van der Waals surface area contributed by atoms with Crippen LogP contribution < -0.4 is 4.74 Å². The zero-order chi connectivity index (χ0) is 21.4. The number of phenolic OH excluding ortho intramolecular Hbond substituents is 2. The molecule has 0 radical (unpaired) electrons. The molecule has 0 amide bonds. The summed E-state index contributed by atoms with van der Waals surface area (Å²) in [4.78, 5) is 0. The second-order valence-corrected chi connectivity index (χ2v) is 10.3. The lowest BCUT2D eigenvalue weighted by Gasteiger charge is -2.36. The number of benzene rings is 1. The van der Waals surface area contributed by atoms with E-state index in [9.17, 15) is 10.2 Å². The Hall–Kier alpha value is -1.38. The highest BCUT2D eigenvalue weighted by Crippen LogP contribution is 2.45. The monoisotopic (exact) mass is 404 g/mol. The molecule has 3 nitrogen and oxygen atoms in total. The van der Waals surface area contributed by atoms with Gasteiger partial charge in [-0.2, -0.15) is 0 Å². The fraction of sp³-hybridized carbons (Fsp3) is 0.769. The molecule has 1 heterocycles. The quantitative estimate of drug-likeness (QED) is 0.352. The van der Waals surface area contributed by atoms with Gasteiger partial charge in [0.15, 0.2) is 11.5 Å². The first-order valence-electron chi connectivity index (χ1n) is 11.9. The summed E-state index contributed by atoms with van der Waals surface area (Å²) in [5, 5.41) is 19.9. The van der Waals surface area contributed by atoms with Gasteiger partial charge in [-0.25, -0.2) is 0 Å². The zero-order valence-corrected chi connectivity index (χ0v) is 19.5. The Morgan fingerprint density at radius 1 is 0.897 bits per heavy atom. The van der Waals surface area contributed by atoms with E-state index in [0.29, 0.717) is 5.75 Å². The summed E-state index contributed by atoms with van der Waals surface area (Å²) in [5.74, 6) is 2.73. The fourth-order valence-electron chi connectivity index (χ4n) is 4.59. The molecular weight excluding hydrogens is 360 g/mol. The van der Waals surface area contributed by atoms with E-state index >= 15 is 0 Å². The average Bonchev–Trinajstić information content (AvgIpc) is 2.65. The number of fused-ring (bicyclic) bond motifs is 1. The van der Waals surface area contributed by atoms with Crippen molar-refractivity contribution in [1.82, 2.24) is 0 Å². The van der Waals surface area contributed by atoms with Crippen molar-refractivity contribution >= 4 is 0 Å². The Labute approximate surface area is 178 Å². The van der Waals surface area contributed by atoms with Gasteiger partial charge in [0, 0.05) is 0 Å². The van der Waals surface area contributed by atoms with Crippen LogP contribution in [0.1, 0.15) is 104 Å². The van der Waals surface area contributed by atoms with Gasteiger partial charge in [0.1, 0.15) is 5.60 Å². The molecule has 3 heteroatoms. The summed E-state index contributed by atoms with van der Waals surface area (Å²) in [6, 6.07) is 3.41. The fourth-order valence-corrected chi connectivity index (χ4v) is 4.59. The standard InChI is InChI=1S/C26H44O3/c1-19(2)9-6-10-20(3)11-7-12-21(4)13-8-17-26(5)18-16-22-14-15-23(27)24(28)25(22)29-26/h14-15,19-21,27-28H,6-13,16-18H2,1-5H3. The normalized spacial score (nSPS) is 20.9. The third kappa shape index (κ3) is 7.75. The van der Waals surface area contributed by atoms with Crippen molar-refractivity contribution in [1.29, 1.82) is 0 Å². The molecule has 0 fully saturated rings. The number of rotatable bonds is 12. The third-order valence-electron chi connectivity index (χ3n) is 6.74. The van der Waals surface area contributed by atoms with Crippen LogP contribution in [0.4, 0.5) is 0 Å². The topological polar surface area (TPSA) is 49.7 Å². The van der Waals surface area contributed by atoms with Gasteiger partial charge in [0.25, 0.3) is 0 Å². The molecule has 2 rings (SSSR count). The maximum Gasteiger partial charge on any atom is 0.200 e. The first-order valence-corrected chi connectivity index (χ1v) is 11.9. The molecule has 0 saturated heterocycles. The van der Waals surface area contributed by atoms with Crippen molar-refractivity contribution < 1.29 is 14.9 Å². The van der Waals surface area contributed by atoms with Gasteiger partial charge in [-0.15, -0.1) is 0 Å². The summed E-state index contributed by atoms with van der Waals surface area (Å²) in [6.07, 6.45) is 13.4. The minimum absolute atomic E-state index is 0.0972. The Balaban J connectivity index is 1.65. The SMILES string of the molecule is CC(C)CCCC(C)CCCC(C)CCCC1(C)CCc2ccc(O)c(O)c2O1. The van der Waals surface area contributed by atoms with E-state index in [0.717, 1.165) is 49.0 Å². The van der Waals surface area contributed by atoms with Crippen LogP contribution in [-0.2, 0) is 6.42 Å². The van der Waals surface area contributed by atoms with Gasteiger partial charge in [-0.05, 0) is 62.0 Å². The van der Waals surface area contributed by atoms with E-state index in [1.54, 1.807) is 6.07 Å². The van der Waals surface area contributed by atoms with Crippen molar-refractivity contribution in [2.75, 3.05) is 0 Å². The summed E-state index contributed by atoms with van der Waals surface area (Å²) < 4.78 is 6.17. The molecule has 0 saturated carbocycles. The second-order valence-electron chi connectivity index (χ2n) is 10.3. The van der Waals surface area contributed by atoms with Crippen LogP contribution in [0.15, 0.2) is 12.1 Å². The van der Waals surface area contributed by atoms with Gasteiger partial charge in [-0.3, -0.25) is 0 Å². The molecule has 3 atom stereocenters. The van der Waals surface area contributed by atoms with Crippen molar-refractivity contribution in [2.24, 2.45) is 17.8 Å². The van der Waals surface area contributed by atoms with Crippen LogP contribution in [-0.4, -0.2) is 15.8 Å². The van der Waals surface area contributed by atoms with Crippen molar-refractivity contribution in [2.45, 2.75) is 111 Å². The largest absolute Gasteiger partial charge is 0.504 e. The highest BCUT2D eigenvalue weighted by molar-refractivity contribution is 5.55. The van der Waals surface area contributed by atoms with Crippen LogP contribution in [0.3, 0.4) is 0 Å². The minimum Gasteiger partial charge on any atom is -0.504 e. The summed E-state index contributed by atoms with van der Waals surface area (Å²) in [6.45, 7) is 11.6. The lowest BCUT2D eigenvalue weighted by molar-refractivity contribution is 0.0488. The van der Waals surface area contributed by atoms with E-state index in [4.69, 9.17) is 4.74 Å². The lowest BCUT2D eigenvalue weighted by atomic mass is 9.86. The van der Waals surface area contributed by atoms with Crippen LogP contribution in [0, 0.1) is 17.8 Å². The zero-order valence-electron chi connectivity index (χ0n) is 19.5. The van der Waals surface area contributed by atoms with Gasteiger partial charge >= 0.3 is 0 Å². The maximum absolute atomic E-state index is 10.1. The Kier molecular flexibility index (Phi) is 9.17. The molecule has 1 aromatic rings. The molecule has 2 N–H and O–H groups in total. The Morgan fingerprint density at radius 2 is 1.48 bits per heavy atom. The van der Waals surface area contributed by atoms with Crippen LogP contribution >= 0.6 is 0 Å². The average molecular weight is 405 g/mol. The van der Waals surface area contributed by atoms with Crippen LogP contribution in [0.2, 0.25) is 0 Å². The highest BCUT2D eigenvalue weighted by Gasteiger charge is 2.33. The Bertz CT molecular complexity index is 625. The smallest absolute Gasteiger partial charge is 0.200 e. The summed E-state index contributed by atoms with van der Waals surface area (Å²) in [7, 11) is 0. The number of phenols is 2. The molecule has 29 heavy (non-hydrogen) atoms. The molecule has 0 aromatic heterocycles. The minimum atomic E-state index is -0.247.